The molecule has 2 aromatic rings. The van der Waals surface area contributed by atoms with Gasteiger partial charge in [-0.15, -0.1) is 0 Å². The standard InChI is InChI=1S/C16H23N5O2S/c1-4-9-20-15(7-8-17-20)13-11-14(19-12(2)18-13)16-6-5-10-21(16)24(3,22)23/h7-8,11,16H,4-6,9-10H2,1-3H3/t16-/m0/s1. The number of aromatic nitrogens is 4. The molecule has 7 nitrogen and oxygen atoms in total. The third-order valence-electron chi connectivity index (χ3n) is 4.24. The smallest absolute Gasteiger partial charge is 0.211 e. The van der Waals surface area contributed by atoms with Crippen LogP contribution in [0.5, 0.6) is 0 Å². The zero-order valence-electron chi connectivity index (χ0n) is 14.3. The van der Waals surface area contributed by atoms with Crippen LogP contribution in [0.2, 0.25) is 0 Å². The summed E-state index contributed by atoms with van der Waals surface area (Å²) in [4.78, 5) is 9.06. The summed E-state index contributed by atoms with van der Waals surface area (Å²) in [5.41, 5.74) is 2.50. The van der Waals surface area contributed by atoms with Crippen molar-refractivity contribution in [1.82, 2.24) is 24.1 Å². The molecule has 8 heteroatoms. The van der Waals surface area contributed by atoms with Crippen molar-refractivity contribution in [3.05, 3.63) is 29.8 Å². The maximum absolute atomic E-state index is 12.0. The Labute approximate surface area is 142 Å². The summed E-state index contributed by atoms with van der Waals surface area (Å²) < 4.78 is 27.5. The molecule has 3 rings (SSSR count). The van der Waals surface area contributed by atoms with Crippen molar-refractivity contribution in [3.63, 3.8) is 0 Å². The molecule has 1 fully saturated rings. The van der Waals surface area contributed by atoms with Gasteiger partial charge >= 0.3 is 0 Å². The first-order valence-electron chi connectivity index (χ1n) is 8.24. The first-order valence-corrected chi connectivity index (χ1v) is 10.1. The Balaban J connectivity index is 2.02. The van der Waals surface area contributed by atoms with Gasteiger partial charge in [0, 0.05) is 19.3 Å². The van der Waals surface area contributed by atoms with Crippen LogP contribution in [0.25, 0.3) is 11.4 Å². The number of hydrogen-bond donors (Lipinski definition) is 0. The minimum absolute atomic E-state index is 0.206. The van der Waals surface area contributed by atoms with Crippen LogP contribution in [0.15, 0.2) is 18.3 Å². The van der Waals surface area contributed by atoms with Gasteiger partial charge in [0.05, 0.1) is 29.4 Å². The SMILES string of the molecule is CCCn1nccc1-c1cc([C@@H]2CCCN2S(C)(=O)=O)nc(C)n1. The Morgan fingerprint density at radius 3 is 2.83 bits per heavy atom. The first-order chi connectivity index (χ1) is 11.4. The molecule has 1 saturated heterocycles. The van der Waals surface area contributed by atoms with E-state index in [9.17, 15) is 8.42 Å². The quantitative estimate of drug-likeness (QED) is 0.826. The van der Waals surface area contributed by atoms with Gasteiger partial charge in [-0.25, -0.2) is 18.4 Å². The summed E-state index contributed by atoms with van der Waals surface area (Å²) in [6.45, 7) is 5.31. The summed E-state index contributed by atoms with van der Waals surface area (Å²) in [7, 11) is -3.24. The van der Waals surface area contributed by atoms with Crippen LogP contribution in [-0.4, -0.2) is 45.3 Å². The van der Waals surface area contributed by atoms with Crippen molar-refractivity contribution in [2.24, 2.45) is 0 Å². The van der Waals surface area contributed by atoms with Crippen molar-refractivity contribution in [2.75, 3.05) is 12.8 Å². The Hall–Kier alpha value is -1.80. The monoisotopic (exact) mass is 349 g/mol. The minimum atomic E-state index is -3.24. The number of rotatable bonds is 5. The number of hydrogen-bond acceptors (Lipinski definition) is 5. The van der Waals surface area contributed by atoms with Crippen molar-refractivity contribution < 1.29 is 8.42 Å². The lowest BCUT2D eigenvalue weighted by molar-refractivity contribution is 0.393. The summed E-state index contributed by atoms with van der Waals surface area (Å²) >= 11 is 0. The molecule has 0 amide bonds. The van der Waals surface area contributed by atoms with Gasteiger partial charge < -0.3 is 0 Å². The van der Waals surface area contributed by atoms with Crippen LogP contribution >= 0.6 is 0 Å². The fraction of sp³-hybridized carbons (Fsp3) is 0.562. The number of nitrogens with zero attached hydrogens (tertiary/aromatic N) is 5. The fourth-order valence-electron chi connectivity index (χ4n) is 3.27. The molecule has 1 atom stereocenters. The lowest BCUT2D eigenvalue weighted by Crippen LogP contribution is -2.30. The zero-order valence-corrected chi connectivity index (χ0v) is 15.1. The molecule has 0 spiro atoms. The Bertz CT molecular complexity index is 831. The molecule has 3 heterocycles. The van der Waals surface area contributed by atoms with Crippen LogP contribution in [0.3, 0.4) is 0 Å². The van der Waals surface area contributed by atoms with Gasteiger partial charge in [-0.05, 0) is 38.3 Å². The lowest BCUT2D eigenvalue weighted by atomic mass is 10.1. The van der Waals surface area contributed by atoms with Crippen molar-refractivity contribution >= 4 is 10.0 Å². The average molecular weight is 349 g/mol. The molecule has 24 heavy (non-hydrogen) atoms. The Morgan fingerprint density at radius 1 is 1.33 bits per heavy atom. The van der Waals surface area contributed by atoms with Crippen LogP contribution in [-0.2, 0) is 16.6 Å². The second-order valence-electron chi connectivity index (χ2n) is 6.20. The topological polar surface area (TPSA) is 81.0 Å². The molecule has 2 aromatic heterocycles. The highest BCUT2D eigenvalue weighted by molar-refractivity contribution is 7.88. The molecule has 0 N–H and O–H groups in total. The van der Waals surface area contributed by atoms with Gasteiger partial charge in [0.25, 0.3) is 0 Å². The highest BCUT2D eigenvalue weighted by atomic mass is 32.2. The van der Waals surface area contributed by atoms with E-state index in [1.165, 1.54) is 6.26 Å². The van der Waals surface area contributed by atoms with E-state index in [4.69, 9.17) is 0 Å². The number of sulfonamides is 1. The van der Waals surface area contributed by atoms with Crippen LogP contribution in [0.4, 0.5) is 0 Å². The van der Waals surface area contributed by atoms with Gasteiger partial charge in [-0.3, -0.25) is 4.68 Å². The second kappa shape index (κ2) is 6.60. The largest absolute Gasteiger partial charge is 0.263 e. The molecule has 0 aliphatic carbocycles. The van der Waals surface area contributed by atoms with Crippen molar-refractivity contribution in [1.29, 1.82) is 0 Å². The van der Waals surface area contributed by atoms with E-state index in [2.05, 4.69) is 22.0 Å². The van der Waals surface area contributed by atoms with Gasteiger partial charge in [0.1, 0.15) is 5.82 Å². The van der Waals surface area contributed by atoms with E-state index in [1.54, 1.807) is 10.5 Å². The van der Waals surface area contributed by atoms with Crippen LogP contribution in [0, 0.1) is 6.92 Å². The lowest BCUT2D eigenvalue weighted by Gasteiger charge is -2.22. The average Bonchev–Trinajstić information content (AvgIpc) is 3.15. The zero-order chi connectivity index (χ0) is 17.3. The van der Waals surface area contributed by atoms with E-state index in [1.807, 2.05) is 23.7 Å². The highest BCUT2D eigenvalue weighted by Crippen LogP contribution is 2.34. The summed E-state index contributed by atoms with van der Waals surface area (Å²) in [5, 5.41) is 4.34. The number of aryl methyl sites for hydroxylation is 2. The normalized spacial score (nSPS) is 19.0. The summed E-state index contributed by atoms with van der Waals surface area (Å²) in [5.74, 6) is 0.645. The maximum atomic E-state index is 12.0. The van der Waals surface area contributed by atoms with E-state index in [-0.39, 0.29) is 6.04 Å². The van der Waals surface area contributed by atoms with E-state index < -0.39 is 10.0 Å². The molecular formula is C16H23N5O2S. The fourth-order valence-corrected chi connectivity index (χ4v) is 4.40. The summed E-state index contributed by atoms with van der Waals surface area (Å²) in [6.07, 6.45) is 5.65. The highest BCUT2D eigenvalue weighted by Gasteiger charge is 2.34. The molecule has 0 unspecified atom stereocenters. The third-order valence-corrected chi connectivity index (χ3v) is 5.53. The second-order valence-corrected chi connectivity index (χ2v) is 8.13. The van der Waals surface area contributed by atoms with E-state index >= 15 is 0 Å². The van der Waals surface area contributed by atoms with Crippen LogP contribution in [0.1, 0.15) is 43.7 Å². The minimum Gasteiger partial charge on any atom is -0.263 e. The molecule has 1 aliphatic rings. The molecule has 0 aromatic carbocycles. The van der Waals surface area contributed by atoms with Gasteiger partial charge in [-0.1, -0.05) is 6.92 Å². The predicted molar refractivity (Wildman–Crippen MR) is 91.8 cm³/mol. The van der Waals surface area contributed by atoms with Gasteiger partial charge in [0.2, 0.25) is 10.0 Å². The van der Waals surface area contributed by atoms with E-state index in [0.717, 1.165) is 42.9 Å². The molecule has 130 valence electrons. The maximum Gasteiger partial charge on any atom is 0.211 e. The van der Waals surface area contributed by atoms with Crippen molar-refractivity contribution in [3.8, 4) is 11.4 Å². The third kappa shape index (κ3) is 3.34. The summed E-state index contributed by atoms with van der Waals surface area (Å²) in [6, 6.07) is 3.64. The Morgan fingerprint density at radius 2 is 2.12 bits per heavy atom. The van der Waals surface area contributed by atoms with E-state index in [0.29, 0.717) is 12.4 Å². The first kappa shape index (κ1) is 17.0. The van der Waals surface area contributed by atoms with Crippen LogP contribution < -0.4 is 0 Å². The van der Waals surface area contributed by atoms with Crippen molar-refractivity contribution in [2.45, 2.75) is 45.7 Å². The molecule has 0 radical (unpaired) electrons. The molecule has 1 aliphatic heterocycles. The Kier molecular flexibility index (Phi) is 4.69. The predicted octanol–water partition coefficient (Wildman–Crippen LogP) is 2.16. The molecular weight excluding hydrogens is 326 g/mol. The molecule has 0 saturated carbocycles. The molecule has 0 bridgehead atoms. The van der Waals surface area contributed by atoms with Gasteiger partial charge in [0.15, 0.2) is 0 Å². The van der Waals surface area contributed by atoms with Gasteiger partial charge in [-0.2, -0.15) is 9.40 Å².